The zero-order valence-corrected chi connectivity index (χ0v) is 8.83. The zero-order valence-electron chi connectivity index (χ0n) is 8.83. The van der Waals surface area contributed by atoms with Gasteiger partial charge in [0.15, 0.2) is 5.76 Å². The lowest BCUT2D eigenvalue weighted by molar-refractivity contribution is 0.0764. The minimum atomic E-state index is -0.0756. The average molecular weight is 196 g/mol. The minimum absolute atomic E-state index is 0.0756. The first-order valence-corrected chi connectivity index (χ1v) is 4.61. The van der Waals surface area contributed by atoms with Crippen LogP contribution in [0.4, 0.5) is 0 Å². The van der Waals surface area contributed by atoms with Crippen LogP contribution in [0, 0.1) is 6.92 Å². The zero-order chi connectivity index (χ0) is 10.6. The summed E-state index contributed by atoms with van der Waals surface area (Å²) < 4.78 is 5.23. The lowest BCUT2D eigenvalue weighted by atomic mass is 10.4. The molecular weight excluding hydrogens is 180 g/mol. The van der Waals surface area contributed by atoms with Gasteiger partial charge in [0.25, 0.3) is 5.91 Å². The van der Waals surface area contributed by atoms with Crippen molar-refractivity contribution >= 4 is 5.91 Å². The Morgan fingerprint density at radius 3 is 2.79 bits per heavy atom. The van der Waals surface area contributed by atoms with Crippen molar-refractivity contribution in [1.82, 2.24) is 10.2 Å². The molecule has 4 heteroatoms. The van der Waals surface area contributed by atoms with Crippen LogP contribution >= 0.6 is 0 Å². The van der Waals surface area contributed by atoms with Gasteiger partial charge in [0.2, 0.25) is 0 Å². The van der Waals surface area contributed by atoms with E-state index in [2.05, 4.69) is 5.32 Å². The molecule has 1 N–H and O–H groups in total. The SMILES string of the molecule is CNCCN(C)C(=O)c1ccc(C)o1. The van der Waals surface area contributed by atoms with Gasteiger partial charge in [-0.15, -0.1) is 0 Å². The van der Waals surface area contributed by atoms with Crippen LogP contribution in [-0.4, -0.2) is 38.0 Å². The second-order valence-corrected chi connectivity index (χ2v) is 3.24. The van der Waals surface area contributed by atoms with Crippen molar-refractivity contribution < 1.29 is 9.21 Å². The highest BCUT2D eigenvalue weighted by atomic mass is 16.3. The van der Waals surface area contributed by atoms with E-state index in [4.69, 9.17) is 4.42 Å². The fourth-order valence-electron chi connectivity index (χ4n) is 1.12. The molecule has 14 heavy (non-hydrogen) atoms. The molecule has 0 aliphatic heterocycles. The summed E-state index contributed by atoms with van der Waals surface area (Å²) in [5.74, 6) is 1.09. The Morgan fingerprint density at radius 2 is 2.29 bits per heavy atom. The van der Waals surface area contributed by atoms with Crippen LogP contribution in [0.3, 0.4) is 0 Å². The van der Waals surface area contributed by atoms with Crippen LogP contribution in [0.2, 0.25) is 0 Å². The molecule has 1 aromatic rings. The summed E-state index contributed by atoms with van der Waals surface area (Å²) in [6, 6.07) is 3.49. The molecule has 1 rings (SSSR count). The van der Waals surface area contributed by atoms with E-state index >= 15 is 0 Å². The van der Waals surface area contributed by atoms with E-state index in [1.807, 2.05) is 14.0 Å². The van der Waals surface area contributed by atoms with E-state index < -0.39 is 0 Å². The fourth-order valence-corrected chi connectivity index (χ4v) is 1.12. The second-order valence-electron chi connectivity index (χ2n) is 3.24. The van der Waals surface area contributed by atoms with E-state index in [1.165, 1.54) is 0 Å². The molecule has 1 aromatic heterocycles. The van der Waals surface area contributed by atoms with Gasteiger partial charge < -0.3 is 14.6 Å². The summed E-state index contributed by atoms with van der Waals surface area (Å²) in [5.41, 5.74) is 0. The molecule has 0 atom stereocenters. The van der Waals surface area contributed by atoms with E-state index in [0.717, 1.165) is 12.3 Å². The van der Waals surface area contributed by atoms with E-state index in [-0.39, 0.29) is 5.91 Å². The number of rotatable bonds is 4. The third-order valence-electron chi connectivity index (χ3n) is 2.00. The molecule has 78 valence electrons. The molecule has 1 amide bonds. The van der Waals surface area contributed by atoms with Crippen LogP contribution in [0.1, 0.15) is 16.3 Å². The molecule has 0 radical (unpaired) electrons. The van der Waals surface area contributed by atoms with Crippen molar-refractivity contribution in [2.24, 2.45) is 0 Å². The first-order chi connectivity index (χ1) is 6.65. The molecule has 0 aliphatic rings. The van der Waals surface area contributed by atoms with E-state index in [0.29, 0.717) is 12.3 Å². The summed E-state index contributed by atoms with van der Waals surface area (Å²) >= 11 is 0. The number of aryl methyl sites for hydroxylation is 1. The lowest BCUT2D eigenvalue weighted by Gasteiger charge is -2.14. The quantitative estimate of drug-likeness (QED) is 0.777. The van der Waals surface area contributed by atoms with Gasteiger partial charge in [-0.05, 0) is 26.1 Å². The van der Waals surface area contributed by atoms with Gasteiger partial charge in [-0.2, -0.15) is 0 Å². The molecule has 1 heterocycles. The standard InChI is InChI=1S/C10H16N2O2/c1-8-4-5-9(14-8)10(13)12(3)7-6-11-2/h4-5,11H,6-7H2,1-3H3. The number of nitrogens with one attached hydrogen (secondary N) is 1. The Bertz CT molecular complexity index is 307. The molecule has 0 saturated heterocycles. The average Bonchev–Trinajstić information content (AvgIpc) is 2.60. The van der Waals surface area contributed by atoms with Gasteiger partial charge >= 0.3 is 0 Å². The first kappa shape index (κ1) is 10.8. The summed E-state index contributed by atoms with van der Waals surface area (Å²) in [7, 11) is 3.62. The Kier molecular flexibility index (Phi) is 3.71. The summed E-state index contributed by atoms with van der Waals surface area (Å²) in [6.45, 7) is 3.28. The normalized spacial score (nSPS) is 10.2. The van der Waals surface area contributed by atoms with Gasteiger partial charge in [-0.25, -0.2) is 0 Å². The van der Waals surface area contributed by atoms with Gasteiger partial charge in [-0.1, -0.05) is 0 Å². The van der Waals surface area contributed by atoms with Crippen LogP contribution in [-0.2, 0) is 0 Å². The third-order valence-corrected chi connectivity index (χ3v) is 2.00. The smallest absolute Gasteiger partial charge is 0.289 e. The van der Waals surface area contributed by atoms with Crippen molar-refractivity contribution in [3.63, 3.8) is 0 Å². The number of hydrogen-bond donors (Lipinski definition) is 1. The molecule has 0 fully saturated rings. The highest BCUT2D eigenvalue weighted by molar-refractivity contribution is 5.91. The maximum absolute atomic E-state index is 11.7. The molecule has 0 unspecified atom stereocenters. The largest absolute Gasteiger partial charge is 0.456 e. The highest BCUT2D eigenvalue weighted by Gasteiger charge is 2.14. The Morgan fingerprint density at radius 1 is 1.57 bits per heavy atom. The Labute approximate surface area is 83.9 Å². The van der Waals surface area contributed by atoms with Crippen LogP contribution in [0.15, 0.2) is 16.5 Å². The van der Waals surface area contributed by atoms with Gasteiger partial charge in [0, 0.05) is 20.1 Å². The molecule has 0 saturated carbocycles. The summed E-state index contributed by atoms with van der Waals surface area (Å²) in [4.78, 5) is 13.3. The Balaban J connectivity index is 2.56. The maximum atomic E-state index is 11.7. The summed E-state index contributed by atoms with van der Waals surface area (Å²) in [5, 5.41) is 2.99. The number of likely N-dealkylation sites (N-methyl/N-ethyl adjacent to an activating group) is 2. The maximum Gasteiger partial charge on any atom is 0.289 e. The molecule has 0 spiro atoms. The van der Waals surface area contributed by atoms with E-state index in [9.17, 15) is 4.79 Å². The van der Waals surface area contributed by atoms with Crippen molar-refractivity contribution in [3.8, 4) is 0 Å². The van der Waals surface area contributed by atoms with Crippen molar-refractivity contribution in [3.05, 3.63) is 23.7 Å². The number of hydrogen-bond acceptors (Lipinski definition) is 3. The number of amides is 1. The highest BCUT2D eigenvalue weighted by Crippen LogP contribution is 2.08. The molecule has 0 aliphatic carbocycles. The van der Waals surface area contributed by atoms with Crippen LogP contribution in [0.25, 0.3) is 0 Å². The van der Waals surface area contributed by atoms with Gasteiger partial charge in [-0.3, -0.25) is 4.79 Å². The van der Waals surface area contributed by atoms with Crippen molar-refractivity contribution in [2.45, 2.75) is 6.92 Å². The minimum Gasteiger partial charge on any atom is -0.456 e. The molecule has 4 nitrogen and oxygen atoms in total. The number of furan rings is 1. The predicted octanol–water partition coefficient (Wildman–Crippen LogP) is 0.879. The predicted molar refractivity (Wildman–Crippen MR) is 54.3 cm³/mol. The first-order valence-electron chi connectivity index (χ1n) is 4.61. The van der Waals surface area contributed by atoms with Crippen molar-refractivity contribution in [1.29, 1.82) is 0 Å². The number of carbonyl (C=O) groups is 1. The molecular formula is C10H16N2O2. The van der Waals surface area contributed by atoms with Crippen LogP contribution < -0.4 is 5.32 Å². The van der Waals surface area contributed by atoms with E-state index in [1.54, 1.807) is 24.1 Å². The van der Waals surface area contributed by atoms with Gasteiger partial charge in [0.1, 0.15) is 5.76 Å². The number of nitrogens with zero attached hydrogens (tertiary/aromatic N) is 1. The third kappa shape index (κ3) is 2.60. The van der Waals surface area contributed by atoms with Gasteiger partial charge in [0.05, 0.1) is 0 Å². The van der Waals surface area contributed by atoms with Crippen molar-refractivity contribution in [2.75, 3.05) is 27.2 Å². The summed E-state index contributed by atoms with van der Waals surface area (Å²) in [6.07, 6.45) is 0. The molecule has 0 aromatic carbocycles. The second kappa shape index (κ2) is 4.81. The lowest BCUT2D eigenvalue weighted by Crippen LogP contribution is -2.32. The Hall–Kier alpha value is -1.29. The fraction of sp³-hybridized carbons (Fsp3) is 0.500. The number of carbonyl (C=O) groups excluding carboxylic acids is 1. The monoisotopic (exact) mass is 196 g/mol. The topological polar surface area (TPSA) is 45.5 Å². The molecule has 0 bridgehead atoms. The van der Waals surface area contributed by atoms with Crippen LogP contribution in [0.5, 0.6) is 0 Å².